The van der Waals surface area contributed by atoms with Crippen molar-refractivity contribution in [2.24, 2.45) is 10.7 Å². The summed E-state index contributed by atoms with van der Waals surface area (Å²) in [5, 5.41) is 4.21. The lowest BCUT2D eigenvalue weighted by atomic mass is 10.2. The molecule has 0 saturated heterocycles. The predicted molar refractivity (Wildman–Crippen MR) is 91.2 cm³/mol. The summed E-state index contributed by atoms with van der Waals surface area (Å²) < 4.78 is 5.75. The van der Waals surface area contributed by atoms with Crippen LogP contribution in [0.25, 0.3) is 11.0 Å². The van der Waals surface area contributed by atoms with Crippen LogP contribution in [0.15, 0.2) is 64.0 Å². The molecular weight excluding hydrogens is 274 g/mol. The minimum absolute atomic E-state index is 0.418. The van der Waals surface area contributed by atoms with Gasteiger partial charge in [0.1, 0.15) is 11.3 Å². The number of anilines is 1. The second-order valence-corrected chi connectivity index (χ2v) is 5.26. The Kier molecular flexibility index (Phi) is 4.10. The molecule has 3 N–H and O–H groups in total. The Labute approximate surface area is 129 Å². The Morgan fingerprint density at radius 2 is 2.00 bits per heavy atom. The maximum atomic E-state index is 5.90. The molecule has 4 nitrogen and oxygen atoms in total. The highest BCUT2D eigenvalue weighted by molar-refractivity contribution is 5.92. The Morgan fingerprint density at radius 1 is 1.14 bits per heavy atom. The molecule has 0 radical (unpaired) electrons. The summed E-state index contributed by atoms with van der Waals surface area (Å²) in [4.78, 5) is 4.34. The number of hydrogen-bond acceptors (Lipinski definition) is 2. The molecule has 4 heteroatoms. The van der Waals surface area contributed by atoms with Crippen LogP contribution in [-0.4, -0.2) is 12.5 Å². The second-order valence-electron chi connectivity index (χ2n) is 5.26. The van der Waals surface area contributed by atoms with E-state index in [4.69, 9.17) is 10.2 Å². The quantitative estimate of drug-likeness (QED) is 0.569. The number of aryl methyl sites for hydroxylation is 1. The van der Waals surface area contributed by atoms with Crippen LogP contribution in [0, 0.1) is 6.92 Å². The predicted octanol–water partition coefficient (Wildman–Crippen LogP) is 3.71. The van der Waals surface area contributed by atoms with Gasteiger partial charge < -0.3 is 15.5 Å². The number of guanidine groups is 1. The number of fused-ring (bicyclic) bond motifs is 1. The topological polar surface area (TPSA) is 63.5 Å². The number of hydrogen-bond donors (Lipinski definition) is 2. The highest BCUT2D eigenvalue weighted by Gasteiger charge is 2.02. The average molecular weight is 293 g/mol. The summed E-state index contributed by atoms with van der Waals surface area (Å²) in [5.74, 6) is 1.34. The fourth-order valence-corrected chi connectivity index (χ4v) is 2.36. The number of nitrogens with zero attached hydrogens (tertiary/aromatic N) is 1. The van der Waals surface area contributed by atoms with Gasteiger partial charge in [-0.3, -0.25) is 4.99 Å². The molecule has 0 saturated carbocycles. The van der Waals surface area contributed by atoms with Crippen molar-refractivity contribution in [2.75, 3.05) is 11.9 Å². The third-order valence-electron chi connectivity index (χ3n) is 3.41. The van der Waals surface area contributed by atoms with Gasteiger partial charge in [-0.05, 0) is 36.8 Å². The van der Waals surface area contributed by atoms with E-state index in [1.165, 1.54) is 5.56 Å². The van der Waals surface area contributed by atoms with Gasteiger partial charge >= 0.3 is 0 Å². The molecule has 0 aliphatic heterocycles. The fraction of sp³-hybridized carbons (Fsp3) is 0.167. The van der Waals surface area contributed by atoms with Crippen LogP contribution in [0.4, 0.5) is 5.69 Å². The van der Waals surface area contributed by atoms with E-state index >= 15 is 0 Å². The summed E-state index contributed by atoms with van der Waals surface area (Å²) in [5.41, 5.74) is 8.94. The standard InChI is InChI=1S/C18H19N3O/c1-13-5-4-7-15(11-13)21-18(19)20-10-9-16-12-14-6-2-3-8-17(14)22-16/h2-8,11-12H,9-10H2,1H3,(H3,19,20,21). The smallest absolute Gasteiger partial charge is 0.193 e. The molecule has 0 unspecified atom stereocenters. The number of benzene rings is 2. The van der Waals surface area contributed by atoms with Crippen molar-refractivity contribution in [3.05, 3.63) is 65.9 Å². The molecule has 0 aliphatic carbocycles. The maximum absolute atomic E-state index is 5.90. The molecule has 112 valence electrons. The van der Waals surface area contributed by atoms with E-state index in [2.05, 4.69) is 16.4 Å². The lowest BCUT2D eigenvalue weighted by Crippen LogP contribution is -2.23. The number of rotatable bonds is 4. The number of furan rings is 1. The average Bonchev–Trinajstić information content (AvgIpc) is 2.90. The molecule has 1 heterocycles. The Balaban J connectivity index is 1.59. The maximum Gasteiger partial charge on any atom is 0.193 e. The molecule has 2 aromatic carbocycles. The van der Waals surface area contributed by atoms with E-state index < -0.39 is 0 Å². The summed E-state index contributed by atoms with van der Waals surface area (Å²) >= 11 is 0. The molecule has 0 fully saturated rings. The molecule has 3 aromatic rings. The first-order valence-corrected chi connectivity index (χ1v) is 7.32. The van der Waals surface area contributed by atoms with Gasteiger partial charge in [-0.2, -0.15) is 0 Å². The molecule has 0 spiro atoms. The van der Waals surface area contributed by atoms with Gasteiger partial charge in [0.15, 0.2) is 5.96 Å². The van der Waals surface area contributed by atoms with Gasteiger partial charge in [-0.15, -0.1) is 0 Å². The largest absolute Gasteiger partial charge is 0.461 e. The van der Waals surface area contributed by atoms with Crippen molar-refractivity contribution in [3.8, 4) is 0 Å². The molecule has 0 amide bonds. The molecular formula is C18H19N3O. The van der Waals surface area contributed by atoms with Gasteiger partial charge in [0, 0.05) is 24.0 Å². The van der Waals surface area contributed by atoms with E-state index in [0.29, 0.717) is 12.5 Å². The van der Waals surface area contributed by atoms with E-state index in [0.717, 1.165) is 28.8 Å². The molecule has 0 aliphatic rings. The van der Waals surface area contributed by atoms with Crippen molar-refractivity contribution >= 4 is 22.6 Å². The first kappa shape index (κ1) is 14.2. The number of nitrogens with two attached hydrogens (primary N) is 1. The zero-order chi connectivity index (χ0) is 15.4. The Hall–Kier alpha value is -2.75. The normalized spacial score (nSPS) is 11.8. The molecule has 0 atom stereocenters. The van der Waals surface area contributed by atoms with Gasteiger partial charge in [0.25, 0.3) is 0 Å². The van der Waals surface area contributed by atoms with Crippen LogP contribution in [0.2, 0.25) is 0 Å². The Bertz CT molecular complexity index is 772. The van der Waals surface area contributed by atoms with Crippen molar-refractivity contribution in [1.82, 2.24) is 0 Å². The van der Waals surface area contributed by atoms with Gasteiger partial charge in [-0.25, -0.2) is 0 Å². The first-order valence-electron chi connectivity index (χ1n) is 7.32. The van der Waals surface area contributed by atoms with E-state index in [9.17, 15) is 0 Å². The number of aliphatic imine (C=N–C) groups is 1. The van der Waals surface area contributed by atoms with E-state index in [-0.39, 0.29) is 0 Å². The number of para-hydroxylation sites is 1. The third-order valence-corrected chi connectivity index (χ3v) is 3.41. The Morgan fingerprint density at radius 3 is 2.82 bits per heavy atom. The summed E-state index contributed by atoms with van der Waals surface area (Å²) in [6, 6.07) is 18.1. The van der Waals surface area contributed by atoms with E-state index in [1.54, 1.807) is 0 Å². The van der Waals surface area contributed by atoms with Crippen LogP contribution in [0.3, 0.4) is 0 Å². The lowest BCUT2D eigenvalue weighted by molar-refractivity contribution is 0.550. The zero-order valence-corrected chi connectivity index (χ0v) is 12.5. The van der Waals surface area contributed by atoms with Crippen LogP contribution < -0.4 is 11.1 Å². The minimum atomic E-state index is 0.418. The highest BCUT2D eigenvalue weighted by atomic mass is 16.3. The monoisotopic (exact) mass is 293 g/mol. The fourth-order valence-electron chi connectivity index (χ4n) is 2.36. The second kappa shape index (κ2) is 6.35. The zero-order valence-electron chi connectivity index (χ0n) is 12.5. The van der Waals surface area contributed by atoms with Crippen molar-refractivity contribution in [1.29, 1.82) is 0 Å². The van der Waals surface area contributed by atoms with Crippen LogP contribution in [0.5, 0.6) is 0 Å². The van der Waals surface area contributed by atoms with Crippen molar-refractivity contribution < 1.29 is 4.42 Å². The van der Waals surface area contributed by atoms with Crippen molar-refractivity contribution in [3.63, 3.8) is 0 Å². The van der Waals surface area contributed by atoms with Crippen LogP contribution >= 0.6 is 0 Å². The molecule has 3 rings (SSSR count). The minimum Gasteiger partial charge on any atom is -0.461 e. The first-order chi connectivity index (χ1) is 10.7. The summed E-state index contributed by atoms with van der Waals surface area (Å²) in [6.45, 7) is 2.63. The molecule has 22 heavy (non-hydrogen) atoms. The van der Waals surface area contributed by atoms with Gasteiger partial charge in [0.05, 0.1) is 0 Å². The molecule has 0 bridgehead atoms. The lowest BCUT2D eigenvalue weighted by Gasteiger charge is -2.05. The van der Waals surface area contributed by atoms with Crippen LogP contribution in [-0.2, 0) is 6.42 Å². The van der Waals surface area contributed by atoms with Gasteiger partial charge in [0.2, 0.25) is 0 Å². The van der Waals surface area contributed by atoms with Crippen molar-refractivity contribution in [2.45, 2.75) is 13.3 Å². The summed E-state index contributed by atoms with van der Waals surface area (Å²) in [7, 11) is 0. The van der Waals surface area contributed by atoms with E-state index in [1.807, 2.05) is 55.5 Å². The van der Waals surface area contributed by atoms with Gasteiger partial charge in [-0.1, -0.05) is 30.3 Å². The summed E-state index contributed by atoms with van der Waals surface area (Å²) in [6.07, 6.45) is 0.727. The SMILES string of the molecule is Cc1cccc(NC(N)=NCCc2cc3ccccc3o2)c1. The highest BCUT2D eigenvalue weighted by Crippen LogP contribution is 2.19. The molecule has 1 aromatic heterocycles. The number of nitrogens with one attached hydrogen (secondary N) is 1. The third kappa shape index (κ3) is 3.47. The van der Waals surface area contributed by atoms with Crippen LogP contribution in [0.1, 0.15) is 11.3 Å².